The average Bonchev–Trinajstić information content (AvgIpc) is 2.83. The third kappa shape index (κ3) is 5.70. The third-order valence-corrected chi connectivity index (χ3v) is 4.91. The number of anilines is 1. The second-order valence-electron chi connectivity index (χ2n) is 7.26. The Morgan fingerprint density at radius 2 is 1.73 bits per heavy atom. The Morgan fingerprint density at radius 3 is 2.45 bits per heavy atom. The number of hydrogen-bond donors (Lipinski definition) is 3. The van der Waals surface area contributed by atoms with E-state index >= 15 is 0 Å². The van der Waals surface area contributed by atoms with Crippen LogP contribution in [0.4, 0.5) is 11.4 Å². The molecular weight excluding hydrogens is 428 g/mol. The molecule has 172 valence electrons. The molecule has 0 saturated carbocycles. The number of amides is 2. The van der Waals surface area contributed by atoms with Gasteiger partial charge in [0.05, 0.1) is 16.9 Å². The summed E-state index contributed by atoms with van der Waals surface area (Å²) >= 11 is 0. The highest BCUT2D eigenvalue weighted by Gasteiger charge is 2.18. The summed E-state index contributed by atoms with van der Waals surface area (Å²) in [5.74, 6) is -1.31. The van der Waals surface area contributed by atoms with Gasteiger partial charge in [-0.05, 0) is 18.6 Å². The van der Waals surface area contributed by atoms with E-state index < -0.39 is 16.7 Å². The number of aromatic nitrogens is 2. The van der Waals surface area contributed by atoms with Gasteiger partial charge in [0.15, 0.2) is 5.69 Å². The fourth-order valence-corrected chi connectivity index (χ4v) is 3.25. The number of nitro benzene ring substituents is 1. The average molecular weight is 452 g/mol. The third-order valence-electron chi connectivity index (χ3n) is 4.91. The van der Waals surface area contributed by atoms with Crippen molar-refractivity contribution >= 4 is 34.0 Å². The number of unbranched alkanes of at least 4 members (excludes halogenated alkanes) is 2. The van der Waals surface area contributed by atoms with Gasteiger partial charge in [0, 0.05) is 18.0 Å². The number of carbonyl (C=O) groups excluding carboxylic acids is 2. The number of nitro groups is 1. The number of rotatable bonds is 9. The van der Waals surface area contributed by atoms with Gasteiger partial charge >= 0.3 is 0 Å². The zero-order chi connectivity index (χ0) is 23.8. The van der Waals surface area contributed by atoms with Crippen molar-refractivity contribution in [3.63, 3.8) is 0 Å². The van der Waals surface area contributed by atoms with Gasteiger partial charge in [-0.2, -0.15) is 5.10 Å². The summed E-state index contributed by atoms with van der Waals surface area (Å²) in [5, 5.41) is 18.7. The van der Waals surface area contributed by atoms with Gasteiger partial charge in [0.25, 0.3) is 23.1 Å². The predicted octanol–water partition coefficient (Wildman–Crippen LogP) is 2.37. The maximum absolute atomic E-state index is 12.8. The van der Waals surface area contributed by atoms with E-state index in [1.807, 2.05) is 6.92 Å². The van der Waals surface area contributed by atoms with Gasteiger partial charge in [-0.15, -0.1) is 0 Å². The Labute approximate surface area is 188 Å². The number of carbonyl (C=O) groups is 2. The van der Waals surface area contributed by atoms with Crippen LogP contribution in [0.3, 0.4) is 0 Å². The molecule has 11 heteroatoms. The first-order chi connectivity index (χ1) is 15.9. The highest BCUT2D eigenvalue weighted by Crippen LogP contribution is 2.22. The molecule has 0 bridgehead atoms. The van der Waals surface area contributed by atoms with Crippen LogP contribution < -0.4 is 21.7 Å². The Kier molecular flexibility index (Phi) is 7.68. The molecule has 0 atom stereocenters. The lowest BCUT2D eigenvalue weighted by molar-refractivity contribution is -0.383. The molecule has 0 aliphatic carbocycles. The molecule has 3 rings (SSSR count). The molecule has 33 heavy (non-hydrogen) atoms. The molecule has 0 spiro atoms. The molecule has 0 saturated heterocycles. The smallest absolute Gasteiger partial charge is 0.292 e. The Hall–Kier alpha value is -4.28. The van der Waals surface area contributed by atoms with Crippen LogP contribution in [0.5, 0.6) is 0 Å². The number of para-hydroxylation sites is 2. The normalized spacial score (nSPS) is 10.6. The Balaban J connectivity index is 1.70. The summed E-state index contributed by atoms with van der Waals surface area (Å²) < 4.78 is 1.27. The van der Waals surface area contributed by atoms with Crippen LogP contribution >= 0.6 is 0 Å². The van der Waals surface area contributed by atoms with Crippen LogP contribution in [0.2, 0.25) is 0 Å². The Bertz CT molecular complexity index is 1240. The van der Waals surface area contributed by atoms with E-state index in [0.717, 1.165) is 19.3 Å². The summed E-state index contributed by atoms with van der Waals surface area (Å²) in [5.41, 5.74) is 4.27. The molecule has 3 aromatic rings. The van der Waals surface area contributed by atoms with Gasteiger partial charge in [-0.25, -0.2) is 4.68 Å². The fourth-order valence-electron chi connectivity index (χ4n) is 3.25. The van der Waals surface area contributed by atoms with Crippen LogP contribution in [0, 0.1) is 10.1 Å². The quantitative estimate of drug-likeness (QED) is 0.256. The second kappa shape index (κ2) is 10.8. The second-order valence-corrected chi connectivity index (χ2v) is 7.26. The van der Waals surface area contributed by atoms with Crippen molar-refractivity contribution in [2.75, 3.05) is 11.9 Å². The van der Waals surface area contributed by atoms with Crippen molar-refractivity contribution in [2.45, 2.75) is 32.7 Å². The first kappa shape index (κ1) is 23.4. The molecule has 1 aromatic heterocycles. The van der Waals surface area contributed by atoms with Crippen LogP contribution in [-0.2, 0) is 11.3 Å². The minimum atomic E-state index is -0.686. The SMILES string of the molecule is CCCCCn1nc(C(=O)NNC(=O)CNc2ccccc2[N+](=O)[O-])c2ccccc2c1=O. The van der Waals surface area contributed by atoms with E-state index in [4.69, 9.17) is 0 Å². The van der Waals surface area contributed by atoms with E-state index in [1.54, 1.807) is 30.3 Å². The number of aryl methyl sites for hydroxylation is 1. The largest absolute Gasteiger partial charge is 0.371 e. The first-order valence-corrected chi connectivity index (χ1v) is 10.5. The first-order valence-electron chi connectivity index (χ1n) is 10.5. The Morgan fingerprint density at radius 1 is 1.03 bits per heavy atom. The summed E-state index contributed by atoms with van der Waals surface area (Å²) in [6.45, 7) is 2.11. The minimum absolute atomic E-state index is 0.00801. The maximum Gasteiger partial charge on any atom is 0.292 e. The maximum atomic E-state index is 12.8. The molecule has 0 radical (unpaired) electrons. The van der Waals surface area contributed by atoms with E-state index in [9.17, 15) is 24.5 Å². The van der Waals surface area contributed by atoms with Crippen LogP contribution in [0.1, 0.15) is 36.7 Å². The number of nitrogens with zero attached hydrogens (tertiary/aromatic N) is 3. The number of nitrogens with one attached hydrogen (secondary N) is 3. The standard InChI is InChI=1S/C22H24N6O5/c1-2-3-8-13-27-22(31)16-10-5-4-9-15(16)20(26-27)21(30)25-24-19(29)14-23-17-11-6-7-12-18(17)28(32)33/h4-7,9-12,23H,2-3,8,13-14H2,1H3,(H,24,29)(H,25,30). The van der Waals surface area contributed by atoms with E-state index in [0.29, 0.717) is 17.3 Å². The zero-order valence-electron chi connectivity index (χ0n) is 18.0. The molecule has 0 aliphatic heterocycles. The van der Waals surface area contributed by atoms with Crippen molar-refractivity contribution < 1.29 is 14.5 Å². The van der Waals surface area contributed by atoms with E-state index in [1.165, 1.54) is 22.9 Å². The molecule has 0 aliphatic rings. The summed E-state index contributed by atoms with van der Waals surface area (Å²) in [7, 11) is 0. The molecule has 2 aromatic carbocycles. The molecular formula is C22H24N6O5. The molecule has 1 heterocycles. The number of fused-ring (bicyclic) bond motifs is 1. The summed E-state index contributed by atoms with van der Waals surface area (Å²) in [6, 6.07) is 12.5. The number of benzene rings is 2. The fraction of sp³-hybridized carbons (Fsp3) is 0.273. The van der Waals surface area contributed by atoms with E-state index in [-0.39, 0.29) is 29.2 Å². The lowest BCUT2D eigenvalue weighted by Crippen LogP contribution is -2.45. The van der Waals surface area contributed by atoms with Crippen LogP contribution in [0.25, 0.3) is 10.8 Å². The number of hydrogen-bond acceptors (Lipinski definition) is 7. The van der Waals surface area contributed by atoms with Gasteiger partial charge in [-0.3, -0.25) is 35.3 Å². The molecule has 11 nitrogen and oxygen atoms in total. The molecule has 0 unspecified atom stereocenters. The van der Waals surface area contributed by atoms with Crippen molar-refractivity contribution in [2.24, 2.45) is 0 Å². The molecule has 3 N–H and O–H groups in total. The zero-order valence-corrected chi connectivity index (χ0v) is 18.0. The number of hydrazine groups is 1. The molecule has 0 fully saturated rings. The monoisotopic (exact) mass is 452 g/mol. The summed E-state index contributed by atoms with van der Waals surface area (Å²) in [6.07, 6.45) is 2.64. The lowest BCUT2D eigenvalue weighted by Gasteiger charge is -2.12. The van der Waals surface area contributed by atoms with Crippen LogP contribution in [-0.4, -0.2) is 33.1 Å². The van der Waals surface area contributed by atoms with Crippen molar-refractivity contribution in [1.29, 1.82) is 0 Å². The predicted molar refractivity (Wildman–Crippen MR) is 123 cm³/mol. The van der Waals surface area contributed by atoms with Gasteiger partial charge in [0.2, 0.25) is 0 Å². The minimum Gasteiger partial charge on any atom is -0.371 e. The van der Waals surface area contributed by atoms with Crippen molar-refractivity contribution in [3.8, 4) is 0 Å². The highest BCUT2D eigenvalue weighted by atomic mass is 16.6. The summed E-state index contributed by atoms with van der Waals surface area (Å²) in [4.78, 5) is 48.1. The highest BCUT2D eigenvalue weighted by molar-refractivity contribution is 6.05. The van der Waals surface area contributed by atoms with Crippen LogP contribution in [0.15, 0.2) is 53.3 Å². The lowest BCUT2D eigenvalue weighted by atomic mass is 10.1. The van der Waals surface area contributed by atoms with Gasteiger partial charge < -0.3 is 5.32 Å². The molecule has 2 amide bonds. The van der Waals surface area contributed by atoms with Crippen molar-refractivity contribution in [3.05, 3.63) is 74.7 Å². The topological polar surface area (TPSA) is 148 Å². The van der Waals surface area contributed by atoms with Gasteiger partial charge in [0.1, 0.15) is 5.69 Å². The van der Waals surface area contributed by atoms with Crippen molar-refractivity contribution in [1.82, 2.24) is 20.6 Å². The van der Waals surface area contributed by atoms with Gasteiger partial charge in [-0.1, -0.05) is 50.1 Å². The van der Waals surface area contributed by atoms with E-state index in [2.05, 4.69) is 21.3 Å².